The normalized spacial score (nSPS) is 12.3. The summed E-state index contributed by atoms with van der Waals surface area (Å²) in [6, 6.07) is 7.62. The number of rotatable bonds is 7. The van der Waals surface area contributed by atoms with Gasteiger partial charge < -0.3 is 0 Å². The van der Waals surface area contributed by atoms with Crippen molar-refractivity contribution in [2.45, 2.75) is 24.8 Å². The second-order valence-corrected chi connectivity index (χ2v) is 6.00. The van der Waals surface area contributed by atoms with Crippen molar-refractivity contribution in [2.75, 3.05) is 6.54 Å². The number of hydrogen-bond donors (Lipinski definition) is 1. The van der Waals surface area contributed by atoms with E-state index < -0.39 is 15.5 Å². The fourth-order valence-corrected chi connectivity index (χ4v) is 2.14. The zero-order chi connectivity index (χ0) is 15.2. The molecule has 3 nitrogen and oxygen atoms in total. The van der Waals surface area contributed by atoms with Crippen LogP contribution in [0.3, 0.4) is 0 Å². The van der Waals surface area contributed by atoms with Crippen molar-refractivity contribution in [1.82, 2.24) is 4.72 Å². The van der Waals surface area contributed by atoms with Crippen molar-refractivity contribution in [1.29, 1.82) is 0 Å². The van der Waals surface area contributed by atoms with Crippen LogP contribution in [0.4, 0.5) is 13.2 Å². The van der Waals surface area contributed by atoms with Crippen molar-refractivity contribution >= 4 is 16.1 Å². The number of halogens is 3. The summed E-state index contributed by atoms with van der Waals surface area (Å²) in [6.07, 6.45) is 3.35. The van der Waals surface area contributed by atoms with E-state index >= 15 is 0 Å². The van der Waals surface area contributed by atoms with Crippen LogP contribution in [0, 0.1) is 0 Å². The molecule has 0 aromatic heterocycles. The van der Waals surface area contributed by atoms with Gasteiger partial charge in [0.05, 0.1) is 0 Å². The Hall–Kier alpha value is -1.34. The summed E-state index contributed by atoms with van der Waals surface area (Å²) >= 11 is 0. The Morgan fingerprint density at radius 2 is 1.75 bits per heavy atom. The van der Waals surface area contributed by atoms with Gasteiger partial charge in [-0.3, -0.25) is 0 Å². The number of alkyl halides is 3. The van der Waals surface area contributed by atoms with Gasteiger partial charge >= 0.3 is 15.5 Å². The van der Waals surface area contributed by atoms with E-state index in [0.717, 1.165) is 11.1 Å². The molecule has 0 saturated carbocycles. The molecular weight excluding hydrogens is 291 g/mol. The minimum atomic E-state index is -5.24. The first-order chi connectivity index (χ1) is 9.26. The zero-order valence-corrected chi connectivity index (χ0v) is 11.6. The molecule has 20 heavy (non-hydrogen) atoms. The van der Waals surface area contributed by atoms with Crippen LogP contribution >= 0.6 is 0 Å². The van der Waals surface area contributed by atoms with Crippen LogP contribution in [0.25, 0.3) is 6.08 Å². The maximum atomic E-state index is 12.0. The summed E-state index contributed by atoms with van der Waals surface area (Å²) in [5, 5.41) is 0. The standard InChI is InChI=1S/C13H16F3NO2S/c1-2-11-6-8-12(9-7-11)5-3-4-10-17-20(18,19)13(14,15)16/h2,6-9,17H,1,3-5,10H2. The number of hydrogen-bond acceptors (Lipinski definition) is 2. The van der Waals surface area contributed by atoms with E-state index in [1.54, 1.807) is 6.08 Å². The third kappa shape index (κ3) is 4.97. The van der Waals surface area contributed by atoms with Gasteiger partial charge in [0.1, 0.15) is 0 Å². The van der Waals surface area contributed by atoms with E-state index in [9.17, 15) is 21.6 Å². The molecule has 0 aliphatic carbocycles. The van der Waals surface area contributed by atoms with Gasteiger partial charge in [-0.05, 0) is 30.4 Å². The fraction of sp³-hybridized carbons (Fsp3) is 0.385. The second-order valence-electron chi connectivity index (χ2n) is 4.25. The highest BCUT2D eigenvalue weighted by atomic mass is 32.2. The highest BCUT2D eigenvalue weighted by molar-refractivity contribution is 7.90. The molecule has 1 aromatic carbocycles. The minimum Gasteiger partial charge on any atom is -0.207 e. The van der Waals surface area contributed by atoms with E-state index in [1.165, 1.54) is 4.72 Å². The summed E-state index contributed by atoms with van der Waals surface area (Å²) in [7, 11) is -5.21. The highest BCUT2D eigenvalue weighted by Crippen LogP contribution is 2.21. The van der Waals surface area contributed by atoms with Crippen LogP contribution in [0.1, 0.15) is 24.0 Å². The maximum Gasteiger partial charge on any atom is 0.511 e. The Morgan fingerprint density at radius 1 is 1.15 bits per heavy atom. The molecule has 0 aliphatic heterocycles. The van der Waals surface area contributed by atoms with Gasteiger partial charge in [0.15, 0.2) is 0 Å². The first-order valence-corrected chi connectivity index (χ1v) is 7.52. The molecule has 0 atom stereocenters. The third-order valence-corrected chi connectivity index (χ3v) is 3.90. The van der Waals surface area contributed by atoms with Crippen molar-refractivity contribution < 1.29 is 21.6 Å². The average Bonchev–Trinajstić information content (AvgIpc) is 2.37. The Bertz CT molecular complexity index is 536. The van der Waals surface area contributed by atoms with Gasteiger partial charge in [-0.25, -0.2) is 13.1 Å². The van der Waals surface area contributed by atoms with Crippen LogP contribution < -0.4 is 4.72 Å². The van der Waals surface area contributed by atoms with E-state index in [2.05, 4.69) is 6.58 Å². The van der Waals surface area contributed by atoms with Crippen molar-refractivity contribution in [3.05, 3.63) is 42.0 Å². The number of unbranched alkanes of at least 4 members (excludes halogenated alkanes) is 1. The van der Waals surface area contributed by atoms with Gasteiger partial charge in [0.2, 0.25) is 0 Å². The zero-order valence-electron chi connectivity index (χ0n) is 10.8. The van der Waals surface area contributed by atoms with Crippen molar-refractivity contribution in [2.24, 2.45) is 0 Å². The molecule has 0 saturated heterocycles. The highest BCUT2D eigenvalue weighted by Gasteiger charge is 2.45. The van der Waals surface area contributed by atoms with Crippen molar-refractivity contribution in [3.63, 3.8) is 0 Å². The molecule has 0 spiro atoms. The molecule has 7 heteroatoms. The van der Waals surface area contributed by atoms with Crippen LogP contribution in [0.15, 0.2) is 30.8 Å². The van der Waals surface area contributed by atoms with Gasteiger partial charge in [-0.2, -0.15) is 13.2 Å². The summed E-state index contributed by atoms with van der Waals surface area (Å²) in [5.74, 6) is 0. The molecule has 0 radical (unpaired) electrons. The summed E-state index contributed by atoms with van der Waals surface area (Å²) < 4.78 is 59.0. The average molecular weight is 307 g/mol. The third-order valence-electron chi connectivity index (χ3n) is 2.70. The molecular formula is C13H16F3NO2S. The minimum absolute atomic E-state index is 0.216. The summed E-state index contributed by atoms with van der Waals surface area (Å²) in [6.45, 7) is 3.42. The topological polar surface area (TPSA) is 46.2 Å². The predicted octanol–water partition coefficient (Wildman–Crippen LogP) is 3.09. The predicted molar refractivity (Wildman–Crippen MR) is 72.4 cm³/mol. The Kier molecular flexibility index (Phi) is 5.76. The van der Waals surface area contributed by atoms with E-state index in [0.29, 0.717) is 19.3 Å². The van der Waals surface area contributed by atoms with E-state index in [1.807, 2.05) is 24.3 Å². The molecule has 0 aliphatic rings. The van der Waals surface area contributed by atoms with Crippen LogP contribution in [-0.2, 0) is 16.4 Å². The fourth-order valence-electron chi connectivity index (χ4n) is 1.56. The lowest BCUT2D eigenvalue weighted by atomic mass is 10.1. The molecule has 0 amide bonds. The van der Waals surface area contributed by atoms with Crippen LogP contribution in [0.2, 0.25) is 0 Å². The van der Waals surface area contributed by atoms with Gasteiger partial charge in [0.25, 0.3) is 0 Å². The van der Waals surface area contributed by atoms with E-state index in [4.69, 9.17) is 0 Å². The quantitative estimate of drug-likeness (QED) is 0.787. The molecule has 1 rings (SSSR count). The first-order valence-electron chi connectivity index (χ1n) is 6.03. The van der Waals surface area contributed by atoms with Gasteiger partial charge in [-0.1, -0.05) is 36.9 Å². The van der Waals surface area contributed by atoms with Crippen molar-refractivity contribution in [3.8, 4) is 0 Å². The molecule has 112 valence electrons. The maximum absolute atomic E-state index is 12.0. The largest absolute Gasteiger partial charge is 0.511 e. The Labute approximate surface area is 116 Å². The second kappa shape index (κ2) is 6.90. The van der Waals surface area contributed by atoms with Crippen LogP contribution in [-0.4, -0.2) is 20.5 Å². The van der Waals surface area contributed by atoms with E-state index in [-0.39, 0.29) is 6.54 Å². The SMILES string of the molecule is C=Cc1ccc(CCCCNS(=O)(=O)C(F)(F)F)cc1. The summed E-state index contributed by atoms with van der Waals surface area (Å²) in [4.78, 5) is 0. The Morgan fingerprint density at radius 3 is 2.25 bits per heavy atom. The molecule has 0 heterocycles. The number of benzene rings is 1. The van der Waals surface area contributed by atoms with Gasteiger partial charge in [0, 0.05) is 6.54 Å². The monoisotopic (exact) mass is 307 g/mol. The lowest BCUT2D eigenvalue weighted by molar-refractivity contribution is -0.0447. The molecule has 0 unspecified atom stereocenters. The molecule has 0 bridgehead atoms. The molecule has 0 fully saturated rings. The van der Waals surface area contributed by atoms with Crippen LogP contribution in [0.5, 0.6) is 0 Å². The lowest BCUT2D eigenvalue weighted by Crippen LogP contribution is -2.36. The first kappa shape index (κ1) is 16.7. The lowest BCUT2D eigenvalue weighted by Gasteiger charge is -2.09. The smallest absolute Gasteiger partial charge is 0.207 e. The molecule has 1 aromatic rings. The number of nitrogens with one attached hydrogen (secondary N) is 1. The number of aryl methyl sites for hydroxylation is 1. The summed E-state index contributed by atoms with van der Waals surface area (Å²) in [5.41, 5.74) is -3.20. The van der Waals surface area contributed by atoms with Gasteiger partial charge in [-0.15, -0.1) is 0 Å². The number of sulfonamides is 1. The Balaban J connectivity index is 2.30. The molecule has 1 N–H and O–H groups in total.